The van der Waals surface area contributed by atoms with E-state index >= 15 is 0 Å². The predicted molar refractivity (Wildman–Crippen MR) is 85.0 cm³/mol. The Bertz CT molecular complexity index is 592. The van der Waals surface area contributed by atoms with Crippen LogP contribution in [0, 0.1) is 34.1 Å². The van der Waals surface area contributed by atoms with E-state index in [0.717, 1.165) is 0 Å². The summed E-state index contributed by atoms with van der Waals surface area (Å²) in [6.07, 6.45) is 2.31. The average Bonchev–Trinajstić information content (AvgIpc) is 2.69. The third-order valence-corrected chi connectivity index (χ3v) is 3.93. The zero-order valence-corrected chi connectivity index (χ0v) is 16.1. The van der Waals surface area contributed by atoms with Crippen molar-refractivity contribution >= 4 is 17.0 Å². The van der Waals surface area contributed by atoms with Gasteiger partial charge in [-0.3, -0.25) is 0 Å². The second-order valence-corrected chi connectivity index (χ2v) is 8.99. The molecule has 2 aromatic rings. The number of hydrogen-bond donors (Lipinski definition) is 0. The van der Waals surface area contributed by atoms with Crippen LogP contribution in [0.2, 0.25) is 0 Å². The van der Waals surface area contributed by atoms with Crippen LogP contribution in [-0.4, -0.2) is 0 Å². The minimum atomic E-state index is -0.826. The van der Waals surface area contributed by atoms with E-state index < -0.39 is 20.8 Å². The van der Waals surface area contributed by atoms with Crippen LogP contribution in [0.4, 0.5) is 0 Å². The molecule has 0 saturated heterocycles. The summed E-state index contributed by atoms with van der Waals surface area (Å²) < 4.78 is 0. The fourth-order valence-corrected chi connectivity index (χ4v) is 2.55. The standard InChI is InChI=1S/C17H17.2ClH.Zr/c1-10-5-14-9-15-6-11(2)13(4)8-17(15)16(14)7-12(10)3;;;/h5-9H,1-4H3;2*1H;/q;;;+2/p-2. The van der Waals surface area contributed by atoms with Gasteiger partial charge in [0.15, 0.2) is 0 Å². The third-order valence-electron chi connectivity index (χ3n) is 3.93. The Morgan fingerprint density at radius 2 is 0.950 bits per heavy atom. The molecule has 2 aromatic carbocycles. The molecule has 1 aliphatic carbocycles. The van der Waals surface area contributed by atoms with Crippen molar-refractivity contribution in [1.29, 1.82) is 0 Å². The van der Waals surface area contributed by atoms with Crippen molar-refractivity contribution in [2.75, 3.05) is 0 Å². The van der Waals surface area contributed by atoms with Crippen molar-refractivity contribution < 1.29 is 20.8 Å². The molecule has 3 rings (SSSR count). The average molecular weight is 383 g/mol. The number of aryl methyl sites for hydroxylation is 4. The fourth-order valence-electron chi connectivity index (χ4n) is 2.55. The molecular weight excluding hydrogens is 366 g/mol. The Morgan fingerprint density at radius 1 is 0.650 bits per heavy atom. The number of halogens is 2. The van der Waals surface area contributed by atoms with Crippen molar-refractivity contribution in [3.8, 4) is 11.1 Å². The Kier molecular flexibility index (Phi) is 5.51. The molecule has 0 unspecified atom stereocenters. The third kappa shape index (κ3) is 3.21. The molecule has 1 aliphatic rings. The zero-order valence-electron chi connectivity index (χ0n) is 12.1. The quantitative estimate of drug-likeness (QED) is 0.455. The summed E-state index contributed by atoms with van der Waals surface area (Å²) in [4.78, 5) is 0. The van der Waals surface area contributed by atoms with Gasteiger partial charge >= 0.3 is 37.9 Å². The molecule has 0 aromatic heterocycles. The Hall–Kier alpha value is -0.0969. The maximum atomic E-state index is 4.93. The molecule has 0 atom stereocenters. The van der Waals surface area contributed by atoms with Gasteiger partial charge in [0.25, 0.3) is 0 Å². The molecule has 0 N–H and O–H groups in total. The van der Waals surface area contributed by atoms with E-state index in [2.05, 4.69) is 58.4 Å². The van der Waals surface area contributed by atoms with E-state index in [1.54, 1.807) is 0 Å². The van der Waals surface area contributed by atoms with Crippen molar-refractivity contribution in [3.05, 3.63) is 64.1 Å². The van der Waals surface area contributed by atoms with Crippen molar-refractivity contribution in [1.82, 2.24) is 0 Å². The molecule has 20 heavy (non-hydrogen) atoms. The van der Waals surface area contributed by atoms with Crippen LogP contribution in [0.5, 0.6) is 0 Å². The van der Waals surface area contributed by atoms with Crippen molar-refractivity contribution in [2.45, 2.75) is 27.7 Å². The van der Waals surface area contributed by atoms with E-state index in [4.69, 9.17) is 17.0 Å². The molecule has 1 radical (unpaired) electrons. The van der Waals surface area contributed by atoms with Gasteiger partial charge in [0, 0.05) is 6.42 Å². The van der Waals surface area contributed by atoms with Gasteiger partial charge in [0.1, 0.15) is 0 Å². The molecular formula is C17H17Cl2Zr. The molecule has 3 heteroatoms. The van der Waals surface area contributed by atoms with Crippen molar-refractivity contribution in [3.63, 3.8) is 0 Å². The first-order chi connectivity index (χ1) is 9.47. The molecule has 0 nitrogen and oxygen atoms in total. The van der Waals surface area contributed by atoms with E-state index in [1.807, 2.05) is 0 Å². The summed E-state index contributed by atoms with van der Waals surface area (Å²) in [6.45, 7) is 8.75. The van der Waals surface area contributed by atoms with Gasteiger partial charge in [0.05, 0.1) is 0 Å². The molecule has 0 heterocycles. The summed E-state index contributed by atoms with van der Waals surface area (Å²) in [5.41, 5.74) is 11.0. The first-order valence-electron chi connectivity index (χ1n) is 6.51. The first kappa shape index (κ1) is 16.3. The summed E-state index contributed by atoms with van der Waals surface area (Å²) in [5, 5.41) is 0. The van der Waals surface area contributed by atoms with Crippen LogP contribution >= 0.6 is 17.0 Å². The van der Waals surface area contributed by atoms with Gasteiger partial charge in [-0.15, -0.1) is 0 Å². The molecule has 0 fully saturated rings. The monoisotopic (exact) mass is 381 g/mol. The number of benzene rings is 2. The maximum absolute atomic E-state index is 4.93. The van der Waals surface area contributed by atoms with E-state index in [-0.39, 0.29) is 0 Å². The van der Waals surface area contributed by atoms with Gasteiger partial charge < -0.3 is 0 Å². The van der Waals surface area contributed by atoms with Crippen LogP contribution in [0.15, 0.2) is 24.3 Å². The summed E-state index contributed by atoms with van der Waals surface area (Å²) >= 11 is -0.826. The van der Waals surface area contributed by atoms with Crippen LogP contribution in [-0.2, 0) is 20.8 Å². The fraction of sp³-hybridized carbons (Fsp3) is 0.235. The second-order valence-electron chi connectivity index (χ2n) is 5.26. The second kappa shape index (κ2) is 6.78. The van der Waals surface area contributed by atoms with Crippen molar-refractivity contribution in [2.24, 2.45) is 0 Å². The topological polar surface area (TPSA) is 0 Å². The Balaban J connectivity index is 0.000000452. The summed E-state index contributed by atoms with van der Waals surface area (Å²) in [7, 11) is 9.87. The normalized spacial score (nSPS) is 11.3. The molecule has 0 amide bonds. The molecule has 0 saturated carbocycles. The van der Waals surface area contributed by atoms with Crippen LogP contribution < -0.4 is 0 Å². The van der Waals surface area contributed by atoms with Gasteiger partial charge in [-0.1, -0.05) is 24.3 Å². The predicted octanol–water partition coefficient (Wildman–Crippen LogP) is 5.88. The number of rotatable bonds is 0. The molecule has 0 bridgehead atoms. The van der Waals surface area contributed by atoms with Gasteiger partial charge in [-0.2, -0.15) is 0 Å². The molecule has 103 valence electrons. The van der Waals surface area contributed by atoms with E-state index in [9.17, 15) is 0 Å². The minimum absolute atomic E-state index is 0.826. The van der Waals surface area contributed by atoms with Gasteiger partial charge in [-0.25, -0.2) is 0 Å². The number of hydrogen-bond acceptors (Lipinski definition) is 0. The first-order valence-corrected chi connectivity index (χ1v) is 12.8. The summed E-state index contributed by atoms with van der Waals surface area (Å²) in [5.74, 6) is 0. The van der Waals surface area contributed by atoms with E-state index in [1.165, 1.54) is 44.5 Å². The van der Waals surface area contributed by atoms with Crippen LogP contribution in [0.25, 0.3) is 11.1 Å². The van der Waals surface area contributed by atoms with Gasteiger partial charge in [0.2, 0.25) is 0 Å². The van der Waals surface area contributed by atoms with Crippen LogP contribution in [0.3, 0.4) is 0 Å². The van der Waals surface area contributed by atoms with Gasteiger partial charge in [-0.05, 0) is 72.2 Å². The SMILES string of the molecule is Cc1cc2c(cc1C)-c1cc(C)c(C)cc1[CH]2.[Cl][Zr][Cl]. The molecule has 0 aliphatic heterocycles. The van der Waals surface area contributed by atoms with Crippen LogP contribution in [0.1, 0.15) is 33.4 Å². The molecule has 0 spiro atoms. The zero-order chi connectivity index (χ0) is 14.9. The number of fused-ring (bicyclic) bond motifs is 3. The van der Waals surface area contributed by atoms with E-state index in [0.29, 0.717) is 0 Å². The Morgan fingerprint density at radius 3 is 1.30 bits per heavy atom. The summed E-state index contributed by atoms with van der Waals surface area (Å²) in [6, 6.07) is 9.24. The Labute approximate surface area is 140 Å².